The van der Waals surface area contributed by atoms with Crippen LogP contribution in [-0.4, -0.2) is 11.8 Å². The molecule has 64 valence electrons. The van der Waals surface area contributed by atoms with Gasteiger partial charge < -0.3 is 15.0 Å². The van der Waals surface area contributed by atoms with Gasteiger partial charge in [-0.15, -0.1) is 0 Å². The van der Waals surface area contributed by atoms with Crippen molar-refractivity contribution in [1.82, 2.24) is 5.16 Å². The maximum absolute atomic E-state index is 5.62. The Morgan fingerprint density at radius 2 is 2.42 bits per heavy atom. The van der Waals surface area contributed by atoms with Gasteiger partial charge in [-0.05, 0) is 12.8 Å². The Morgan fingerprint density at radius 3 is 3.00 bits per heavy atom. The molecule has 0 saturated heterocycles. The zero-order chi connectivity index (χ0) is 8.39. The third-order valence-corrected chi connectivity index (χ3v) is 1.82. The molecule has 0 radical (unpaired) electrons. The van der Waals surface area contributed by atoms with Crippen molar-refractivity contribution in [3.8, 4) is 0 Å². The zero-order valence-electron chi connectivity index (χ0n) is 6.62. The van der Waals surface area contributed by atoms with E-state index in [1.165, 1.54) is 6.20 Å². The lowest BCUT2D eigenvalue weighted by Crippen LogP contribution is -1.99. The van der Waals surface area contributed by atoms with Gasteiger partial charge in [0.1, 0.15) is 5.69 Å². The summed E-state index contributed by atoms with van der Waals surface area (Å²) in [7, 11) is 0. The van der Waals surface area contributed by atoms with Crippen molar-refractivity contribution in [2.75, 3.05) is 12.3 Å². The van der Waals surface area contributed by atoms with Crippen LogP contribution in [-0.2, 0) is 4.74 Å². The second-order valence-electron chi connectivity index (χ2n) is 2.73. The lowest BCUT2D eigenvalue weighted by atomic mass is 10.1. The predicted octanol–water partition coefficient (Wildman–Crippen LogP) is 1.41. The summed E-state index contributed by atoms with van der Waals surface area (Å²) >= 11 is 0. The fourth-order valence-electron chi connectivity index (χ4n) is 1.22. The van der Waals surface area contributed by atoms with Crippen molar-refractivity contribution in [1.29, 1.82) is 0 Å². The zero-order valence-corrected chi connectivity index (χ0v) is 6.62. The third-order valence-electron chi connectivity index (χ3n) is 1.82. The summed E-state index contributed by atoms with van der Waals surface area (Å²) < 4.78 is 10.1. The highest BCUT2D eigenvalue weighted by Crippen LogP contribution is 2.27. The predicted molar refractivity (Wildman–Crippen MR) is 44.1 cm³/mol. The highest BCUT2D eigenvalue weighted by molar-refractivity contribution is 5.69. The van der Waals surface area contributed by atoms with Gasteiger partial charge in [0, 0.05) is 5.57 Å². The van der Waals surface area contributed by atoms with Crippen LogP contribution in [0.25, 0.3) is 5.57 Å². The maximum atomic E-state index is 5.62. The van der Waals surface area contributed by atoms with Gasteiger partial charge in [-0.2, -0.15) is 0 Å². The first-order chi connectivity index (χ1) is 5.88. The summed E-state index contributed by atoms with van der Waals surface area (Å²) in [6.45, 7) is 0.775. The molecular weight excluding hydrogens is 156 g/mol. The second kappa shape index (κ2) is 2.89. The molecule has 4 nitrogen and oxygen atoms in total. The molecule has 0 aromatic carbocycles. The molecule has 0 bridgehead atoms. The molecule has 4 heteroatoms. The molecule has 0 amide bonds. The number of nitrogen functional groups attached to an aromatic ring is 1. The number of anilines is 1. The number of hydrogen-bond donors (Lipinski definition) is 1. The number of rotatable bonds is 1. The van der Waals surface area contributed by atoms with Gasteiger partial charge in [0.2, 0.25) is 0 Å². The lowest BCUT2D eigenvalue weighted by Gasteiger charge is -2.10. The Kier molecular flexibility index (Phi) is 1.74. The molecule has 1 aliphatic rings. The van der Waals surface area contributed by atoms with E-state index < -0.39 is 0 Å². The first-order valence-electron chi connectivity index (χ1n) is 3.89. The standard InChI is InChI=1S/C8H10N2O2/c9-7-4-10-12-8(7)6-2-1-3-11-5-6/h4-5H,1-3,9H2. The second-order valence-corrected chi connectivity index (χ2v) is 2.73. The summed E-state index contributed by atoms with van der Waals surface area (Å²) in [5.74, 6) is 0.648. The first kappa shape index (κ1) is 7.21. The average molecular weight is 166 g/mol. The van der Waals surface area contributed by atoms with Crippen LogP contribution in [0.15, 0.2) is 17.0 Å². The van der Waals surface area contributed by atoms with Crippen molar-refractivity contribution in [2.45, 2.75) is 12.8 Å². The third kappa shape index (κ3) is 1.15. The molecule has 1 aliphatic heterocycles. The number of ether oxygens (including phenoxy) is 1. The summed E-state index contributed by atoms with van der Waals surface area (Å²) in [6.07, 6.45) is 5.15. The Labute approximate surface area is 70.0 Å². The van der Waals surface area contributed by atoms with Crippen LogP contribution in [0.2, 0.25) is 0 Å². The van der Waals surface area contributed by atoms with Gasteiger partial charge in [0.25, 0.3) is 0 Å². The highest BCUT2D eigenvalue weighted by atomic mass is 16.5. The smallest absolute Gasteiger partial charge is 0.188 e. The number of hydrogen-bond acceptors (Lipinski definition) is 4. The van der Waals surface area contributed by atoms with Crippen LogP contribution in [0.1, 0.15) is 18.6 Å². The number of nitrogens with two attached hydrogens (primary N) is 1. The Balaban J connectivity index is 2.29. The summed E-state index contributed by atoms with van der Waals surface area (Å²) in [6, 6.07) is 0. The van der Waals surface area contributed by atoms with Gasteiger partial charge >= 0.3 is 0 Å². The van der Waals surface area contributed by atoms with E-state index in [4.69, 9.17) is 15.0 Å². The van der Waals surface area contributed by atoms with Crippen LogP contribution in [0.5, 0.6) is 0 Å². The van der Waals surface area contributed by atoms with Gasteiger partial charge in [0.05, 0.1) is 19.1 Å². The van der Waals surface area contributed by atoms with Crippen LogP contribution >= 0.6 is 0 Å². The van der Waals surface area contributed by atoms with Gasteiger partial charge in [-0.1, -0.05) is 5.16 Å². The SMILES string of the molecule is Nc1cnoc1C1=COCCC1. The van der Waals surface area contributed by atoms with Crippen molar-refractivity contribution in [3.63, 3.8) is 0 Å². The van der Waals surface area contributed by atoms with E-state index in [1.54, 1.807) is 6.26 Å². The van der Waals surface area contributed by atoms with E-state index in [2.05, 4.69) is 5.16 Å². The van der Waals surface area contributed by atoms with E-state index in [1.807, 2.05) is 0 Å². The molecule has 2 rings (SSSR count). The Bertz CT molecular complexity index is 304. The van der Waals surface area contributed by atoms with Crippen molar-refractivity contribution in [3.05, 3.63) is 18.2 Å². The molecule has 0 aliphatic carbocycles. The summed E-state index contributed by atoms with van der Waals surface area (Å²) in [4.78, 5) is 0. The number of allylic oxidation sites excluding steroid dienone is 1. The molecule has 0 atom stereocenters. The maximum Gasteiger partial charge on any atom is 0.188 e. The largest absolute Gasteiger partial charge is 0.501 e. The lowest BCUT2D eigenvalue weighted by molar-refractivity contribution is 0.233. The van der Waals surface area contributed by atoms with Crippen LogP contribution in [0.4, 0.5) is 5.69 Å². The number of aromatic nitrogens is 1. The topological polar surface area (TPSA) is 61.3 Å². The van der Waals surface area contributed by atoms with Crippen LogP contribution in [0.3, 0.4) is 0 Å². The monoisotopic (exact) mass is 166 g/mol. The van der Waals surface area contributed by atoms with Crippen molar-refractivity contribution in [2.24, 2.45) is 0 Å². The average Bonchev–Trinajstić information content (AvgIpc) is 2.53. The molecule has 0 spiro atoms. The fourth-order valence-corrected chi connectivity index (χ4v) is 1.22. The van der Waals surface area contributed by atoms with Crippen molar-refractivity contribution >= 4 is 11.3 Å². The van der Waals surface area contributed by atoms with Gasteiger partial charge in [-0.25, -0.2) is 0 Å². The molecular formula is C8H10N2O2. The molecule has 2 heterocycles. The minimum Gasteiger partial charge on any atom is -0.501 e. The minimum absolute atomic E-state index is 0.576. The van der Waals surface area contributed by atoms with E-state index in [9.17, 15) is 0 Å². The van der Waals surface area contributed by atoms with Gasteiger partial charge in [-0.3, -0.25) is 0 Å². The molecule has 12 heavy (non-hydrogen) atoms. The first-order valence-corrected chi connectivity index (χ1v) is 3.89. The Morgan fingerprint density at radius 1 is 1.50 bits per heavy atom. The molecule has 1 aromatic heterocycles. The van der Waals surface area contributed by atoms with Crippen LogP contribution < -0.4 is 5.73 Å². The van der Waals surface area contributed by atoms with E-state index >= 15 is 0 Å². The molecule has 0 saturated carbocycles. The van der Waals surface area contributed by atoms with Crippen molar-refractivity contribution < 1.29 is 9.26 Å². The summed E-state index contributed by atoms with van der Waals surface area (Å²) in [5, 5.41) is 3.60. The molecule has 0 fully saturated rings. The fraction of sp³-hybridized carbons (Fsp3) is 0.375. The van der Waals surface area contributed by atoms with Gasteiger partial charge in [0.15, 0.2) is 5.76 Å². The van der Waals surface area contributed by atoms with E-state index in [0.29, 0.717) is 11.4 Å². The minimum atomic E-state index is 0.576. The van der Waals surface area contributed by atoms with E-state index in [-0.39, 0.29) is 0 Å². The molecule has 1 aromatic rings. The molecule has 0 unspecified atom stereocenters. The molecule has 2 N–H and O–H groups in total. The normalized spacial score (nSPS) is 16.8. The quantitative estimate of drug-likeness (QED) is 0.685. The number of nitrogens with zero attached hydrogens (tertiary/aromatic N) is 1. The highest BCUT2D eigenvalue weighted by Gasteiger charge is 2.13. The van der Waals surface area contributed by atoms with E-state index in [0.717, 1.165) is 25.0 Å². The van der Waals surface area contributed by atoms with Crippen LogP contribution in [0, 0.1) is 0 Å². The summed E-state index contributed by atoms with van der Waals surface area (Å²) in [5.41, 5.74) is 7.19. The Hall–Kier alpha value is -1.45.